The highest BCUT2D eigenvalue weighted by molar-refractivity contribution is 7.98. The van der Waals surface area contributed by atoms with Gasteiger partial charge in [-0.3, -0.25) is 20.0 Å². The molecule has 0 bridgehead atoms. The molecule has 8 heteroatoms. The molecule has 0 saturated heterocycles. The summed E-state index contributed by atoms with van der Waals surface area (Å²) in [6.45, 7) is 1.96. The van der Waals surface area contributed by atoms with Gasteiger partial charge in [0.1, 0.15) is 0 Å². The summed E-state index contributed by atoms with van der Waals surface area (Å²) >= 11 is 1.26. The molecule has 0 saturated carbocycles. The number of nitro groups is 1. The number of anilines is 1. The van der Waals surface area contributed by atoms with Crippen molar-refractivity contribution in [3.8, 4) is 0 Å². The number of aromatic nitrogens is 2. The monoisotopic (exact) mass is 306 g/mol. The van der Waals surface area contributed by atoms with Gasteiger partial charge >= 0.3 is 0 Å². The standard InChI is InChI=1S/C13H14N4O3S/c1-3-9-7-12(16-15-9)14-13(18)8-4-5-11(21-2)10(6-8)17(19)20/h4-7H,3H2,1-2H3,(H2,14,15,16,18). The van der Waals surface area contributed by atoms with Crippen LogP contribution in [-0.2, 0) is 6.42 Å². The van der Waals surface area contributed by atoms with Crippen LogP contribution in [0.25, 0.3) is 0 Å². The first-order valence-corrected chi connectivity index (χ1v) is 7.45. The highest BCUT2D eigenvalue weighted by Crippen LogP contribution is 2.28. The summed E-state index contributed by atoms with van der Waals surface area (Å²) in [6, 6.07) is 6.12. The Kier molecular flexibility index (Phi) is 4.59. The number of nitrogens with zero attached hydrogens (tertiary/aromatic N) is 2. The van der Waals surface area contributed by atoms with Crippen LogP contribution in [0.1, 0.15) is 23.0 Å². The zero-order valence-electron chi connectivity index (χ0n) is 11.5. The Morgan fingerprint density at radius 2 is 2.24 bits per heavy atom. The van der Waals surface area contributed by atoms with Crippen LogP contribution >= 0.6 is 11.8 Å². The van der Waals surface area contributed by atoms with Gasteiger partial charge in [0.15, 0.2) is 5.82 Å². The van der Waals surface area contributed by atoms with Gasteiger partial charge in [-0.15, -0.1) is 11.8 Å². The first kappa shape index (κ1) is 15.0. The second-order valence-corrected chi connectivity index (χ2v) is 5.08. The molecule has 0 aliphatic rings. The van der Waals surface area contributed by atoms with Gasteiger partial charge in [0.25, 0.3) is 11.6 Å². The Balaban J connectivity index is 2.22. The molecule has 2 rings (SSSR count). The molecule has 1 amide bonds. The molecule has 1 aromatic heterocycles. The SMILES string of the molecule is CCc1cc(NC(=O)c2ccc(SC)c([N+](=O)[O-])c2)n[nH]1. The van der Waals surface area contributed by atoms with Crippen molar-refractivity contribution in [1.29, 1.82) is 0 Å². The molecule has 110 valence electrons. The van der Waals surface area contributed by atoms with E-state index in [2.05, 4.69) is 15.5 Å². The van der Waals surface area contributed by atoms with Crippen molar-refractivity contribution in [3.05, 3.63) is 45.6 Å². The van der Waals surface area contributed by atoms with Crippen molar-refractivity contribution in [3.63, 3.8) is 0 Å². The van der Waals surface area contributed by atoms with Crippen LogP contribution in [0.5, 0.6) is 0 Å². The summed E-state index contributed by atoms with van der Waals surface area (Å²) in [5.74, 6) is -0.0339. The van der Waals surface area contributed by atoms with Crippen molar-refractivity contribution in [1.82, 2.24) is 10.2 Å². The van der Waals surface area contributed by atoms with E-state index in [-0.39, 0.29) is 11.3 Å². The molecule has 0 aliphatic carbocycles. The molecule has 0 radical (unpaired) electrons. The van der Waals surface area contributed by atoms with E-state index in [1.54, 1.807) is 24.5 Å². The second-order valence-electron chi connectivity index (χ2n) is 4.23. The third kappa shape index (κ3) is 3.40. The molecule has 1 heterocycles. The third-order valence-corrected chi connectivity index (χ3v) is 3.68. The number of nitrogens with one attached hydrogen (secondary N) is 2. The minimum Gasteiger partial charge on any atom is -0.305 e. The van der Waals surface area contributed by atoms with Crippen molar-refractivity contribution in [2.24, 2.45) is 0 Å². The molecule has 2 N–H and O–H groups in total. The predicted molar refractivity (Wildman–Crippen MR) is 80.8 cm³/mol. The lowest BCUT2D eigenvalue weighted by atomic mass is 10.2. The highest BCUT2D eigenvalue weighted by atomic mass is 32.2. The van der Waals surface area contributed by atoms with Crippen LogP contribution in [0.4, 0.5) is 11.5 Å². The number of carbonyl (C=O) groups excluding carboxylic acids is 1. The lowest BCUT2D eigenvalue weighted by Crippen LogP contribution is -2.12. The number of benzene rings is 1. The number of rotatable bonds is 5. The van der Waals surface area contributed by atoms with Crippen LogP contribution in [0.3, 0.4) is 0 Å². The summed E-state index contributed by atoms with van der Waals surface area (Å²) in [5.41, 5.74) is 1.04. The summed E-state index contributed by atoms with van der Waals surface area (Å²) in [4.78, 5) is 23.1. The fourth-order valence-corrected chi connectivity index (χ4v) is 2.32. The van der Waals surface area contributed by atoms with Crippen molar-refractivity contribution >= 4 is 29.2 Å². The molecular weight excluding hydrogens is 292 g/mol. The number of aromatic amines is 1. The van der Waals surface area contributed by atoms with E-state index in [1.807, 2.05) is 6.92 Å². The van der Waals surface area contributed by atoms with E-state index in [0.717, 1.165) is 12.1 Å². The minimum absolute atomic E-state index is 0.0774. The maximum Gasteiger partial charge on any atom is 0.283 e. The molecule has 21 heavy (non-hydrogen) atoms. The van der Waals surface area contributed by atoms with E-state index >= 15 is 0 Å². The Hall–Kier alpha value is -2.35. The quantitative estimate of drug-likeness (QED) is 0.502. The maximum absolute atomic E-state index is 12.1. The Labute approximate surface area is 125 Å². The Morgan fingerprint density at radius 3 is 2.81 bits per heavy atom. The number of thioether (sulfide) groups is 1. The summed E-state index contributed by atoms with van der Waals surface area (Å²) in [5, 5.41) is 20.3. The molecule has 0 spiro atoms. The number of hydrogen-bond donors (Lipinski definition) is 2. The van der Waals surface area contributed by atoms with E-state index in [4.69, 9.17) is 0 Å². The minimum atomic E-state index is -0.494. The van der Waals surface area contributed by atoms with Crippen molar-refractivity contribution in [2.75, 3.05) is 11.6 Å². The normalized spacial score (nSPS) is 10.4. The fraction of sp³-hybridized carbons (Fsp3) is 0.231. The molecule has 7 nitrogen and oxygen atoms in total. The smallest absolute Gasteiger partial charge is 0.283 e. The molecule has 0 atom stereocenters. The van der Waals surface area contributed by atoms with Crippen molar-refractivity contribution in [2.45, 2.75) is 18.2 Å². The molecule has 0 aliphatic heterocycles. The summed E-state index contributed by atoms with van der Waals surface area (Å²) in [7, 11) is 0. The van der Waals surface area contributed by atoms with E-state index in [0.29, 0.717) is 10.7 Å². The van der Waals surface area contributed by atoms with Gasteiger partial charge in [-0.05, 0) is 24.8 Å². The molecular formula is C13H14N4O3S. The van der Waals surface area contributed by atoms with Gasteiger partial charge in [0.2, 0.25) is 0 Å². The van der Waals surface area contributed by atoms with Crippen molar-refractivity contribution < 1.29 is 9.72 Å². The number of nitro benzene ring substituents is 1. The van der Waals surface area contributed by atoms with Gasteiger partial charge < -0.3 is 5.32 Å². The topological polar surface area (TPSA) is 101 Å². The zero-order chi connectivity index (χ0) is 15.4. The first-order valence-electron chi connectivity index (χ1n) is 6.23. The van der Waals surface area contributed by atoms with Gasteiger partial charge in [-0.2, -0.15) is 5.10 Å². The Bertz CT molecular complexity index is 684. The first-order chi connectivity index (χ1) is 10.0. The van der Waals surface area contributed by atoms with E-state index < -0.39 is 10.8 Å². The van der Waals surface area contributed by atoms with E-state index in [1.165, 1.54) is 17.8 Å². The number of hydrogen-bond acceptors (Lipinski definition) is 5. The average Bonchev–Trinajstić information content (AvgIpc) is 2.94. The average molecular weight is 306 g/mol. The third-order valence-electron chi connectivity index (χ3n) is 2.89. The molecule has 0 unspecified atom stereocenters. The number of carbonyl (C=O) groups is 1. The van der Waals surface area contributed by atoms with Gasteiger partial charge in [-0.25, -0.2) is 0 Å². The lowest BCUT2D eigenvalue weighted by molar-refractivity contribution is -0.387. The van der Waals surface area contributed by atoms with Gasteiger partial charge in [0.05, 0.1) is 9.82 Å². The van der Waals surface area contributed by atoms with Crippen LogP contribution in [0.15, 0.2) is 29.2 Å². The molecule has 1 aromatic carbocycles. The van der Waals surface area contributed by atoms with E-state index in [9.17, 15) is 14.9 Å². The second kappa shape index (κ2) is 6.40. The number of aryl methyl sites for hydroxylation is 1. The largest absolute Gasteiger partial charge is 0.305 e. The van der Waals surface area contributed by atoms with Gasteiger partial charge in [0, 0.05) is 23.4 Å². The number of H-pyrrole nitrogens is 1. The van der Waals surface area contributed by atoms with Crippen LogP contribution < -0.4 is 5.32 Å². The predicted octanol–water partition coefficient (Wildman–Crippen LogP) is 2.85. The van der Waals surface area contributed by atoms with Crippen LogP contribution in [0.2, 0.25) is 0 Å². The van der Waals surface area contributed by atoms with Gasteiger partial charge in [-0.1, -0.05) is 6.92 Å². The zero-order valence-corrected chi connectivity index (χ0v) is 12.4. The lowest BCUT2D eigenvalue weighted by Gasteiger charge is -2.04. The van der Waals surface area contributed by atoms with Crippen LogP contribution in [-0.4, -0.2) is 27.3 Å². The summed E-state index contributed by atoms with van der Waals surface area (Å²) < 4.78 is 0. The fourth-order valence-electron chi connectivity index (χ4n) is 1.77. The number of amides is 1. The highest BCUT2D eigenvalue weighted by Gasteiger charge is 2.17. The molecule has 2 aromatic rings. The molecule has 0 fully saturated rings. The maximum atomic E-state index is 12.1. The summed E-state index contributed by atoms with van der Waals surface area (Å²) in [6.07, 6.45) is 2.52. The Morgan fingerprint density at radius 1 is 1.48 bits per heavy atom. The van der Waals surface area contributed by atoms with Crippen LogP contribution in [0, 0.1) is 10.1 Å².